The number of hydrogen-bond acceptors (Lipinski definition) is 2. The molecule has 0 unspecified atom stereocenters. The van der Waals surface area contributed by atoms with E-state index in [4.69, 9.17) is 9.47 Å². The number of aryl methyl sites for hydroxylation is 1. The van der Waals surface area contributed by atoms with E-state index in [1.807, 2.05) is 6.07 Å². The number of benzene rings is 5. The Kier molecular flexibility index (Phi) is 3.68. The first kappa shape index (κ1) is 18.9. The van der Waals surface area contributed by atoms with Crippen molar-refractivity contribution in [1.29, 1.82) is 0 Å². The molecule has 6 aromatic rings. The number of para-hydroxylation sites is 3. The molecule has 3 heterocycles. The Morgan fingerprint density at radius 2 is 1.17 bits per heavy atom. The molecule has 0 radical (unpaired) electrons. The summed E-state index contributed by atoms with van der Waals surface area (Å²) < 4.78 is 15.4. The van der Waals surface area contributed by atoms with Gasteiger partial charge in [-0.15, -0.1) is 0 Å². The van der Waals surface area contributed by atoms with E-state index in [1.54, 1.807) is 0 Å². The molecule has 0 spiro atoms. The van der Waals surface area contributed by atoms with Crippen molar-refractivity contribution in [2.75, 3.05) is 0 Å². The zero-order chi connectivity index (χ0) is 23.1. The Morgan fingerprint density at radius 1 is 0.571 bits per heavy atom. The molecule has 0 saturated heterocycles. The maximum Gasteiger partial charge on any atom is 0.260 e. The summed E-state index contributed by atoms with van der Waals surface area (Å²) in [4.78, 5) is 0. The number of fused-ring (bicyclic) bond motifs is 7. The Labute approximate surface area is 203 Å². The monoisotopic (exact) mass is 449 g/mol. The van der Waals surface area contributed by atoms with Crippen molar-refractivity contribution in [2.24, 2.45) is 0 Å². The molecule has 0 bridgehead atoms. The van der Waals surface area contributed by atoms with Gasteiger partial charge in [-0.3, -0.25) is 0 Å². The summed E-state index contributed by atoms with van der Waals surface area (Å²) in [6.45, 7) is 2.19. The van der Waals surface area contributed by atoms with Crippen LogP contribution in [0.1, 0.15) is 5.56 Å². The molecule has 35 heavy (non-hydrogen) atoms. The van der Waals surface area contributed by atoms with Crippen LogP contribution in [-0.4, -0.2) is 11.3 Å². The molecule has 0 fully saturated rings. The highest BCUT2D eigenvalue weighted by atomic mass is 16.5. The van der Waals surface area contributed by atoms with Gasteiger partial charge in [-0.1, -0.05) is 66.7 Å². The Balaban J connectivity index is 1.45. The molecule has 2 aliphatic heterocycles. The Morgan fingerprint density at radius 3 is 1.91 bits per heavy atom. The summed E-state index contributed by atoms with van der Waals surface area (Å²) in [6.07, 6.45) is 0. The first-order chi connectivity index (χ1) is 17.3. The summed E-state index contributed by atoms with van der Waals surface area (Å²) in [5.74, 6) is 3.54. The van der Waals surface area contributed by atoms with Gasteiger partial charge in [0.2, 0.25) is 0 Å². The van der Waals surface area contributed by atoms with E-state index >= 15 is 0 Å². The lowest BCUT2D eigenvalue weighted by molar-refractivity contribution is 0.464. The van der Waals surface area contributed by atoms with Crippen LogP contribution in [-0.2, 0) is 0 Å². The SMILES string of the molecule is Cc1ccc2c(c1)Oc1cc(-n3c4ccccc4c4ccccc43)cc3c1B2c1ccccc1O3. The summed E-state index contributed by atoms with van der Waals surface area (Å²) in [5.41, 5.74) is 8.02. The highest BCUT2D eigenvalue weighted by Crippen LogP contribution is 2.39. The second-order valence-corrected chi connectivity index (χ2v) is 9.44. The van der Waals surface area contributed by atoms with E-state index in [0.717, 1.165) is 34.1 Å². The van der Waals surface area contributed by atoms with E-state index in [0.29, 0.717) is 0 Å². The predicted molar refractivity (Wildman–Crippen MR) is 143 cm³/mol. The molecular weight excluding hydrogens is 429 g/mol. The topological polar surface area (TPSA) is 23.4 Å². The van der Waals surface area contributed by atoms with Crippen molar-refractivity contribution in [1.82, 2.24) is 4.57 Å². The van der Waals surface area contributed by atoms with Crippen LogP contribution in [0.25, 0.3) is 27.5 Å². The first-order valence-electron chi connectivity index (χ1n) is 12.0. The fraction of sp³-hybridized carbons (Fsp3) is 0.0323. The molecule has 0 N–H and O–H groups in total. The minimum Gasteiger partial charge on any atom is -0.458 e. The maximum atomic E-state index is 6.59. The minimum absolute atomic E-state index is 0.0847. The van der Waals surface area contributed by atoms with Crippen molar-refractivity contribution in [3.8, 4) is 28.7 Å². The van der Waals surface area contributed by atoms with Crippen molar-refractivity contribution >= 4 is 44.9 Å². The van der Waals surface area contributed by atoms with Gasteiger partial charge in [-0.25, -0.2) is 0 Å². The lowest BCUT2D eigenvalue weighted by Crippen LogP contribution is -2.57. The van der Waals surface area contributed by atoms with E-state index in [9.17, 15) is 0 Å². The Bertz CT molecular complexity index is 1780. The number of ether oxygens (including phenoxy) is 2. The van der Waals surface area contributed by atoms with Gasteiger partial charge in [-0.05, 0) is 47.7 Å². The molecule has 3 nitrogen and oxygen atoms in total. The van der Waals surface area contributed by atoms with Gasteiger partial charge in [0.05, 0.1) is 16.7 Å². The molecule has 164 valence electrons. The molecular formula is C31H20BNO2. The van der Waals surface area contributed by atoms with E-state index in [-0.39, 0.29) is 6.71 Å². The lowest BCUT2D eigenvalue weighted by atomic mass is 9.35. The highest BCUT2D eigenvalue weighted by Gasteiger charge is 2.40. The van der Waals surface area contributed by atoms with Crippen LogP contribution in [0.15, 0.2) is 103 Å². The average molecular weight is 449 g/mol. The fourth-order valence-corrected chi connectivity index (χ4v) is 5.87. The predicted octanol–water partition coefficient (Wildman–Crippen LogP) is 5.82. The zero-order valence-corrected chi connectivity index (χ0v) is 19.2. The van der Waals surface area contributed by atoms with Gasteiger partial charge in [0.25, 0.3) is 6.71 Å². The third-order valence-corrected chi connectivity index (χ3v) is 7.37. The highest BCUT2D eigenvalue weighted by molar-refractivity contribution is 6.98. The van der Waals surface area contributed by atoms with E-state index in [1.165, 1.54) is 38.3 Å². The lowest BCUT2D eigenvalue weighted by Gasteiger charge is -2.33. The average Bonchev–Trinajstić information content (AvgIpc) is 3.22. The zero-order valence-electron chi connectivity index (χ0n) is 19.2. The van der Waals surface area contributed by atoms with Gasteiger partial charge in [-0.2, -0.15) is 0 Å². The van der Waals surface area contributed by atoms with Crippen molar-refractivity contribution in [2.45, 2.75) is 6.92 Å². The van der Waals surface area contributed by atoms with E-state index < -0.39 is 0 Å². The Hall–Kier alpha value is -4.44. The third-order valence-electron chi connectivity index (χ3n) is 7.37. The van der Waals surface area contributed by atoms with Crippen LogP contribution >= 0.6 is 0 Å². The molecule has 5 aromatic carbocycles. The van der Waals surface area contributed by atoms with Crippen LogP contribution in [0.3, 0.4) is 0 Å². The number of hydrogen-bond donors (Lipinski definition) is 0. The molecule has 0 atom stereocenters. The summed E-state index contributed by atoms with van der Waals surface area (Å²) in [6, 6.07) is 36.3. The molecule has 8 rings (SSSR count). The van der Waals surface area contributed by atoms with Gasteiger partial charge in [0, 0.05) is 28.4 Å². The second kappa shape index (κ2) is 6.80. The fourth-order valence-electron chi connectivity index (χ4n) is 5.87. The first-order valence-corrected chi connectivity index (χ1v) is 12.0. The van der Waals surface area contributed by atoms with Gasteiger partial charge in [0.15, 0.2) is 0 Å². The van der Waals surface area contributed by atoms with Gasteiger partial charge >= 0.3 is 0 Å². The van der Waals surface area contributed by atoms with Crippen LogP contribution in [0.2, 0.25) is 0 Å². The normalized spacial score (nSPS) is 13.1. The van der Waals surface area contributed by atoms with Crippen molar-refractivity contribution in [3.63, 3.8) is 0 Å². The standard InChI is InChI=1S/C31H20BNO2/c1-19-14-15-24-28(16-19)35-30-18-20(17-29-31(30)32(24)23-10-4-7-13-27(23)34-29)33-25-11-5-2-8-21(25)22-9-3-6-12-26(22)33/h2-18H,1H3. The molecule has 0 aliphatic carbocycles. The maximum absolute atomic E-state index is 6.59. The van der Waals surface area contributed by atoms with Gasteiger partial charge < -0.3 is 14.0 Å². The number of rotatable bonds is 1. The summed E-state index contributed by atoms with van der Waals surface area (Å²) in [7, 11) is 0. The number of aromatic nitrogens is 1. The third kappa shape index (κ3) is 2.57. The van der Waals surface area contributed by atoms with Gasteiger partial charge in [0.1, 0.15) is 23.0 Å². The number of nitrogens with zero attached hydrogens (tertiary/aromatic N) is 1. The molecule has 2 aliphatic rings. The minimum atomic E-state index is 0.0847. The van der Waals surface area contributed by atoms with E-state index in [2.05, 4.69) is 109 Å². The molecule has 1 aromatic heterocycles. The van der Waals surface area contributed by atoms with Crippen molar-refractivity contribution in [3.05, 3.63) is 109 Å². The van der Waals surface area contributed by atoms with Crippen LogP contribution in [0, 0.1) is 6.92 Å². The molecule has 0 saturated carbocycles. The molecule has 0 amide bonds. The summed E-state index contributed by atoms with van der Waals surface area (Å²) >= 11 is 0. The quantitative estimate of drug-likeness (QED) is 0.295. The smallest absolute Gasteiger partial charge is 0.260 e. The van der Waals surface area contributed by atoms with Crippen LogP contribution in [0.5, 0.6) is 23.0 Å². The van der Waals surface area contributed by atoms with Crippen LogP contribution < -0.4 is 25.9 Å². The summed E-state index contributed by atoms with van der Waals surface area (Å²) in [5, 5.41) is 2.47. The largest absolute Gasteiger partial charge is 0.458 e. The molecule has 4 heteroatoms. The second-order valence-electron chi connectivity index (χ2n) is 9.44. The van der Waals surface area contributed by atoms with Crippen LogP contribution in [0.4, 0.5) is 0 Å². The van der Waals surface area contributed by atoms with Crippen molar-refractivity contribution < 1.29 is 9.47 Å².